The van der Waals surface area contributed by atoms with Crippen molar-refractivity contribution >= 4 is 28.5 Å². The summed E-state index contributed by atoms with van der Waals surface area (Å²) in [5.74, 6) is -1.69. The van der Waals surface area contributed by atoms with Gasteiger partial charge in [0.15, 0.2) is 11.5 Å². The Morgan fingerprint density at radius 3 is 2.61 bits per heavy atom. The summed E-state index contributed by atoms with van der Waals surface area (Å²) in [6.45, 7) is -0.448. The van der Waals surface area contributed by atoms with Crippen LogP contribution >= 0.6 is 0 Å². The zero-order valence-corrected chi connectivity index (χ0v) is 11.6. The summed E-state index contributed by atoms with van der Waals surface area (Å²) in [6, 6.07) is 7.62. The van der Waals surface area contributed by atoms with E-state index in [0.717, 1.165) is 4.68 Å². The molecule has 0 saturated carbocycles. The molecular formula is C14H10N4O5. The molecule has 0 bridgehead atoms. The van der Waals surface area contributed by atoms with Crippen LogP contribution in [0.15, 0.2) is 45.9 Å². The third-order valence-corrected chi connectivity index (χ3v) is 3.07. The van der Waals surface area contributed by atoms with E-state index in [-0.39, 0.29) is 22.3 Å². The van der Waals surface area contributed by atoms with Crippen LogP contribution in [0.2, 0.25) is 0 Å². The van der Waals surface area contributed by atoms with Gasteiger partial charge in [-0.25, -0.2) is 9.48 Å². The van der Waals surface area contributed by atoms with E-state index in [1.807, 2.05) is 0 Å². The van der Waals surface area contributed by atoms with Crippen LogP contribution in [0.3, 0.4) is 0 Å². The number of nitrogens with zero attached hydrogens (tertiary/aromatic N) is 3. The van der Waals surface area contributed by atoms with Crippen molar-refractivity contribution in [2.75, 3.05) is 5.32 Å². The number of carboxylic acid groups (broad SMARTS) is 1. The predicted molar refractivity (Wildman–Crippen MR) is 78.1 cm³/mol. The summed E-state index contributed by atoms with van der Waals surface area (Å²) >= 11 is 0. The summed E-state index contributed by atoms with van der Waals surface area (Å²) in [6.07, 6.45) is 1.28. The van der Waals surface area contributed by atoms with Crippen LogP contribution in [0.1, 0.15) is 10.5 Å². The molecule has 1 aromatic carbocycles. The Morgan fingerprint density at radius 1 is 1.22 bits per heavy atom. The highest BCUT2D eigenvalue weighted by atomic mass is 16.5. The number of benzene rings is 1. The van der Waals surface area contributed by atoms with Gasteiger partial charge in [-0.3, -0.25) is 9.59 Å². The standard InChI is InChI=1S/C14H10N4O5/c19-11(15-10-5-6-23-17-10)7-18-13(20)9-4-2-1-3-8(9)12(16-18)14(21)22/h1-6H,7H2,(H,21,22)(H,15,17,19). The summed E-state index contributed by atoms with van der Waals surface area (Å²) < 4.78 is 5.38. The normalized spacial score (nSPS) is 10.6. The van der Waals surface area contributed by atoms with Crippen molar-refractivity contribution in [3.05, 3.63) is 52.6 Å². The Labute approximate surface area is 128 Å². The van der Waals surface area contributed by atoms with Gasteiger partial charge in [-0.1, -0.05) is 23.4 Å². The highest BCUT2D eigenvalue weighted by molar-refractivity contribution is 6.01. The zero-order chi connectivity index (χ0) is 16.4. The van der Waals surface area contributed by atoms with Crippen molar-refractivity contribution in [3.8, 4) is 0 Å². The molecule has 0 saturated heterocycles. The minimum Gasteiger partial charge on any atom is -0.476 e. The lowest BCUT2D eigenvalue weighted by atomic mass is 10.1. The first-order chi connectivity index (χ1) is 11.1. The minimum absolute atomic E-state index is 0.175. The van der Waals surface area contributed by atoms with Gasteiger partial charge >= 0.3 is 5.97 Å². The Kier molecular flexibility index (Phi) is 3.59. The number of hydrogen-bond acceptors (Lipinski definition) is 6. The summed E-state index contributed by atoms with van der Waals surface area (Å²) in [5.41, 5.74) is -0.852. The molecule has 0 aliphatic rings. The van der Waals surface area contributed by atoms with Gasteiger partial charge in [-0.2, -0.15) is 5.10 Å². The van der Waals surface area contributed by atoms with Crippen LogP contribution in [0, 0.1) is 0 Å². The number of carbonyl (C=O) groups is 2. The second-order valence-corrected chi connectivity index (χ2v) is 4.60. The number of amides is 1. The molecule has 23 heavy (non-hydrogen) atoms. The first kappa shape index (κ1) is 14.4. The van der Waals surface area contributed by atoms with Crippen LogP contribution < -0.4 is 10.9 Å². The molecule has 0 spiro atoms. The van der Waals surface area contributed by atoms with Gasteiger partial charge in [0.05, 0.1) is 5.39 Å². The number of anilines is 1. The second kappa shape index (κ2) is 5.72. The summed E-state index contributed by atoms with van der Waals surface area (Å²) in [5, 5.41) is 19.3. The lowest BCUT2D eigenvalue weighted by Crippen LogP contribution is -2.31. The average molecular weight is 314 g/mol. The molecule has 0 unspecified atom stereocenters. The fourth-order valence-electron chi connectivity index (χ4n) is 2.10. The monoisotopic (exact) mass is 314 g/mol. The number of hydrogen-bond donors (Lipinski definition) is 2. The van der Waals surface area contributed by atoms with Crippen molar-refractivity contribution in [1.82, 2.24) is 14.9 Å². The number of carbonyl (C=O) groups excluding carboxylic acids is 1. The maximum absolute atomic E-state index is 12.3. The van der Waals surface area contributed by atoms with E-state index in [2.05, 4.69) is 20.1 Å². The second-order valence-electron chi connectivity index (χ2n) is 4.60. The Balaban J connectivity index is 2.00. The smallest absolute Gasteiger partial charge is 0.357 e. The number of nitrogens with one attached hydrogen (secondary N) is 1. The van der Waals surface area contributed by atoms with Crippen LogP contribution in [0.4, 0.5) is 5.82 Å². The molecule has 3 aromatic rings. The number of aromatic nitrogens is 3. The number of rotatable bonds is 4. The van der Waals surface area contributed by atoms with E-state index >= 15 is 0 Å². The van der Waals surface area contributed by atoms with Gasteiger partial charge in [0, 0.05) is 11.5 Å². The molecule has 3 rings (SSSR count). The van der Waals surface area contributed by atoms with Crippen molar-refractivity contribution in [1.29, 1.82) is 0 Å². The van der Waals surface area contributed by atoms with Gasteiger partial charge in [0.2, 0.25) is 5.91 Å². The minimum atomic E-state index is -1.29. The molecule has 116 valence electrons. The Bertz CT molecular complexity index is 945. The number of carboxylic acids is 1. The molecule has 0 atom stereocenters. The summed E-state index contributed by atoms with van der Waals surface area (Å²) in [7, 11) is 0. The summed E-state index contributed by atoms with van der Waals surface area (Å²) in [4.78, 5) is 35.6. The fraction of sp³-hybridized carbons (Fsp3) is 0.0714. The third kappa shape index (κ3) is 2.79. The van der Waals surface area contributed by atoms with E-state index in [1.54, 1.807) is 12.1 Å². The number of aromatic carboxylic acids is 1. The molecule has 2 aromatic heterocycles. The molecule has 2 heterocycles. The van der Waals surface area contributed by atoms with Gasteiger partial charge in [0.1, 0.15) is 12.8 Å². The fourth-order valence-corrected chi connectivity index (χ4v) is 2.10. The SMILES string of the molecule is O=C(Cn1nc(C(=O)O)c2ccccc2c1=O)Nc1ccon1. The van der Waals surface area contributed by atoms with Crippen LogP contribution in [0.25, 0.3) is 10.8 Å². The molecule has 0 aliphatic heterocycles. The average Bonchev–Trinajstić information content (AvgIpc) is 3.02. The lowest BCUT2D eigenvalue weighted by molar-refractivity contribution is -0.117. The van der Waals surface area contributed by atoms with Gasteiger partial charge in [0.25, 0.3) is 5.56 Å². The van der Waals surface area contributed by atoms with Crippen LogP contribution in [-0.2, 0) is 11.3 Å². The molecule has 0 fully saturated rings. The van der Waals surface area contributed by atoms with Gasteiger partial charge < -0.3 is 14.9 Å². The first-order valence-corrected chi connectivity index (χ1v) is 6.49. The largest absolute Gasteiger partial charge is 0.476 e. The van der Waals surface area contributed by atoms with E-state index in [1.165, 1.54) is 24.5 Å². The molecule has 2 N–H and O–H groups in total. The van der Waals surface area contributed by atoms with E-state index in [0.29, 0.717) is 0 Å². The van der Waals surface area contributed by atoms with E-state index in [4.69, 9.17) is 0 Å². The van der Waals surface area contributed by atoms with Crippen LogP contribution in [-0.4, -0.2) is 31.9 Å². The van der Waals surface area contributed by atoms with Gasteiger partial charge in [-0.05, 0) is 6.07 Å². The zero-order valence-electron chi connectivity index (χ0n) is 11.6. The molecule has 0 aliphatic carbocycles. The first-order valence-electron chi connectivity index (χ1n) is 6.49. The maximum atomic E-state index is 12.3. The quantitative estimate of drug-likeness (QED) is 0.726. The Hall–Kier alpha value is -3.49. The number of fused-ring (bicyclic) bond motifs is 1. The molecular weight excluding hydrogens is 304 g/mol. The van der Waals surface area contributed by atoms with E-state index < -0.39 is 24.0 Å². The molecule has 1 amide bonds. The van der Waals surface area contributed by atoms with Crippen molar-refractivity contribution in [2.24, 2.45) is 0 Å². The molecule has 9 heteroatoms. The molecule has 0 radical (unpaired) electrons. The van der Waals surface area contributed by atoms with E-state index in [9.17, 15) is 19.5 Å². The predicted octanol–water partition coefficient (Wildman–Crippen LogP) is 0.721. The maximum Gasteiger partial charge on any atom is 0.357 e. The van der Waals surface area contributed by atoms with Gasteiger partial charge in [-0.15, -0.1) is 0 Å². The molecule has 9 nitrogen and oxygen atoms in total. The van der Waals surface area contributed by atoms with Crippen LogP contribution in [0.5, 0.6) is 0 Å². The highest BCUT2D eigenvalue weighted by Gasteiger charge is 2.17. The Morgan fingerprint density at radius 2 is 1.96 bits per heavy atom. The topological polar surface area (TPSA) is 127 Å². The lowest BCUT2D eigenvalue weighted by Gasteiger charge is -2.08. The highest BCUT2D eigenvalue weighted by Crippen LogP contribution is 2.13. The van der Waals surface area contributed by atoms with Crippen molar-refractivity contribution < 1.29 is 19.2 Å². The van der Waals surface area contributed by atoms with Crippen molar-refractivity contribution in [3.63, 3.8) is 0 Å². The van der Waals surface area contributed by atoms with Crippen molar-refractivity contribution in [2.45, 2.75) is 6.54 Å². The third-order valence-electron chi connectivity index (χ3n) is 3.07.